The van der Waals surface area contributed by atoms with Crippen LogP contribution in [0.2, 0.25) is 0 Å². The van der Waals surface area contributed by atoms with Gasteiger partial charge in [0.05, 0.1) is 11.4 Å². The van der Waals surface area contributed by atoms with E-state index in [0.29, 0.717) is 12.2 Å². The molecule has 2 aliphatic heterocycles. The van der Waals surface area contributed by atoms with Crippen LogP contribution in [0.1, 0.15) is 27.2 Å². The van der Waals surface area contributed by atoms with Crippen molar-refractivity contribution in [1.82, 2.24) is 9.80 Å². The van der Waals surface area contributed by atoms with Gasteiger partial charge >= 0.3 is 6.09 Å². The zero-order valence-electron chi connectivity index (χ0n) is 11.2. The van der Waals surface area contributed by atoms with Crippen LogP contribution < -0.4 is 0 Å². The maximum atomic E-state index is 12.4. The van der Waals surface area contributed by atoms with Crippen LogP contribution in [0.25, 0.3) is 0 Å². The van der Waals surface area contributed by atoms with Gasteiger partial charge in [-0.1, -0.05) is 0 Å². The molecule has 0 bridgehead atoms. The highest BCUT2D eigenvalue weighted by Crippen LogP contribution is 2.40. The van der Waals surface area contributed by atoms with E-state index >= 15 is 0 Å². The Balaban J connectivity index is 2.27. The van der Waals surface area contributed by atoms with E-state index in [1.165, 1.54) is 4.90 Å². The van der Waals surface area contributed by atoms with Crippen molar-refractivity contribution in [3.8, 4) is 6.07 Å². The van der Waals surface area contributed by atoms with E-state index in [9.17, 15) is 14.7 Å². The summed E-state index contributed by atoms with van der Waals surface area (Å²) < 4.78 is 0. The Kier molecular flexibility index (Phi) is 3.39. The lowest BCUT2D eigenvalue weighted by molar-refractivity contribution is -0.133. The number of amides is 2. The van der Waals surface area contributed by atoms with Gasteiger partial charge in [-0.15, -0.1) is 11.8 Å². The van der Waals surface area contributed by atoms with E-state index in [-0.39, 0.29) is 11.3 Å². The largest absolute Gasteiger partial charge is 0.465 e. The molecule has 2 rings (SSSR count). The maximum Gasteiger partial charge on any atom is 0.408 e. The molecule has 0 spiro atoms. The lowest BCUT2D eigenvalue weighted by Crippen LogP contribution is -2.54. The third-order valence-electron chi connectivity index (χ3n) is 3.45. The zero-order valence-corrected chi connectivity index (χ0v) is 12.0. The standard InChI is InChI=1S/C12H17N3O3S/c1-12(2,3)15(11(17)18)8-4-9-14(10(8)16)7(5-13)6-19-9/h7-9H,4,6H2,1-3H3,(H,17,18)/t7-,8-,9-/m1/s1. The quantitative estimate of drug-likeness (QED) is 0.784. The second kappa shape index (κ2) is 4.60. The molecule has 0 aromatic carbocycles. The highest BCUT2D eigenvalue weighted by molar-refractivity contribution is 8.00. The number of carbonyl (C=O) groups is 2. The Morgan fingerprint density at radius 1 is 1.58 bits per heavy atom. The Labute approximate surface area is 116 Å². The molecule has 0 saturated carbocycles. The van der Waals surface area contributed by atoms with Gasteiger partial charge in [0, 0.05) is 17.7 Å². The normalized spacial score (nSPS) is 30.1. The summed E-state index contributed by atoms with van der Waals surface area (Å²) in [6, 6.07) is 1.01. The van der Waals surface area contributed by atoms with Gasteiger partial charge in [-0.05, 0) is 20.8 Å². The van der Waals surface area contributed by atoms with Crippen LogP contribution in [0.5, 0.6) is 0 Å². The summed E-state index contributed by atoms with van der Waals surface area (Å²) in [6.45, 7) is 5.31. The van der Waals surface area contributed by atoms with Crippen LogP contribution in [0.4, 0.5) is 4.79 Å². The van der Waals surface area contributed by atoms with Gasteiger partial charge in [0.25, 0.3) is 0 Å². The van der Waals surface area contributed by atoms with Gasteiger partial charge in [0.15, 0.2) is 0 Å². The summed E-state index contributed by atoms with van der Waals surface area (Å²) in [7, 11) is 0. The van der Waals surface area contributed by atoms with Gasteiger partial charge in [-0.25, -0.2) is 4.79 Å². The predicted molar refractivity (Wildman–Crippen MR) is 70.5 cm³/mol. The molecule has 0 aliphatic carbocycles. The second-order valence-electron chi connectivity index (χ2n) is 5.75. The Hall–Kier alpha value is -1.42. The van der Waals surface area contributed by atoms with Crippen molar-refractivity contribution in [1.29, 1.82) is 5.26 Å². The maximum absolute atomic E-state index is 12.4. The fraction of sp³-hybridized carbons (Fsp3) is 0.750. The minimum Gasteiger partial charge on any atom is -0.465 e. The third-order valence-corrected chi connectivity index (χ3v) is 4.76. The van der Waals surface area contributed by atoms with Crippen LogP contribution in [0.15, 0.2) is 0 Å². The molecule has 7 heteroatoms. The molecule has 3 atom stereocenters. The summed E-state index contributed by atoms with van der Waals surface area (Å²) in [4.78, 5) is 26.6. The molecular formula is C12H17N3O3S. The van der Waals surface area contributed by atoms with Gasteiger partial charge in [0.1, 0.15) is 12.1 Å². The number of hydrogen-bond acceptors (Lipinski definition) is 4. The van der Waals surface area contributed by atoms with Crippen molar-refractivity contribution < 1.29 is 14.7 Å². The van der Waals surface area contributed by atoms with Gasteiger partial charge in [-0.3, -0.25) is 9.69 Å². The van der Waals surface area contributed by atoms with Crippen molar-refractivity contribution in [2.45, 2.75) is 50.2 Å². The van der Waals surface area contributed by atoms with Gasteiger partial charge < -0.3 is 10.0 Å². The van der Waals surface area contributed by atoms with E-state index in [4.69, 9.17) is 5.26 Å². The SMILES string of the molecule is CC(C)(C)N(C(=O)O)[C@@H]1C[C@H]2SC[C@@H](C#N)N2C1=O. The van der Waals surface area contributed by atoms with E-state index in [1.807, 2.05) is 0 Å². The fourth-order valence-corrected chi connectivity index (χ4v) is 4.08. The molecule has 2 amide bonds. The predicted octanol–water partition coefficient (Wildman–Crippen LogP) is 1.33. The summed E-state index contributed by atoms with van der Waals surface area (Å²) in [5.41, 5.74) is -0.640. The highest BCUT2D eigenvalue weighted by Gasteiger charge is 2.52. The lowest BCUT2D eigenvalue weighted by atomic mass is 10.0. The molecule has 6 nitrogen and oxygen atoms in total. The third kappa shape index (κ3) is 2.25. The van der Waals surface area contributed by atoms with Crippen molar-refractivity contribution in [3.05, 3.63) is 0 Å². The Morgan fingerprint density at radius 3 is 2.68 bits per heavy atom. The topological polar surface area (TPSA) is 84.6 Å². The monoisotopic (exact) mass is 283 g/mol. The molecule has 104 valence electrons. The highest BCUT2D eigenvalue weighted by atomic mass is 32.2. The first-order chi connectivity index (χ1) is 8.77. The van der Waals surface area contributed by atoms with Gasteiger partial charge in [-0.2, -0.15) is 5.26 Å². The molecule has 1 N–H and O–H groups in total. The second-order valence-corrected chi connectivity index (χ2v) is 6.96. The molecule has 2 fully saturated rings. The number of nitriles is 1. The molecule has 0 aromatic rings. The summed E-state index contributed by atoms with van der Waals surface area (Å²) in [5.74, 6) is 0.376. The first-order valence-corrected chi connectivity index (χ1v) is 7.18. The zero-order chi connectivity index (χ0) is 14.4. The number of rotatable bonds is 1. The summed E-state index contributed by atoms with van der Waals surface area (Å²) in [6.07, 6.45) is -0.629. The number of thioether (sulfide) groups is 1. The number of fused-ring (bicyclic) bond motifs is 1. The van der Waals surface area contributed by atoms with Crippen molar-refractivity contribution >= 4 is 23.8 Å². The Morgan fingerprint density at radius 2 is 2.21 bits per heavy atom. The summed E-state index contributed by atoms with van der Waals surface area (Å²) >= 11 is 1.56. The lowest BCUT2D eigenvalue weighted by Gasteiger charge is -2.37. The number of nitrogens with zero attached hydrogens (tertiary/aromatic N) is 3. The smallest absolute Gasteiger partial charge is 0.408 e. The molecular weight excluding hydrogens is 266 g/mol. The van der Waals surface area contributed by atoms with Crippen LogP contribution in [-0.4, -0.2) is 55.7 Å². The minimum atomic E-state index is -1.09. The first kappa shape index (κ1) is 14.0. The number of carboxylic acid groups (broad SMARTS) is 1. The molecule has 2 saturated heterocycles. The van der Waals surface area contributed by atoms with Crippen molar-refractivity contribution in [2.75, 3.05) is 5.75 Å². The fourth-order valence-electron chi connectivity index (χ4n) is 2.71. The molecule has 2 aliphatic rings. The Bertz CT molecular complexity index is 454. The average Bonchev–Trinajstić information content (AvgIpc) is 2.79. The van der Waals surface area contributed by atoms with Crippen molar-refractivity contribution in [2.24, 2.45) is 0 Å². The molecule has 0 radical (unpaired) electrons. The van der Waals surface area contributed by atoms with E-state index in [1.54, 1.807) is 37.4 Å². The molecule has 0 unspecified atom stereocenters. The van der Waals surface area contributed by atoms with Gasteiger partial charge in [0.2, 0.25) is 5.91 Å². The van der Waals surface area contributed by atoms with Crippen molar-refractivity contribution in [3.63, 3.8) is 0 Å². The van der Waals surface area contributed by atoms with Crippen LogP contribution in [0, 0.1) is 11.3 Å². The van der Waals surface area contributed by atoms with Crippen LogP contribution in [0.3, 0.4) is 0 Å². The van der Waals surface area contributed by atoms with E-state index in [0.717, 1.165) is 0 Å². The first-order valence-electron chi connectivity index (χ1n) is 6.13. The average molecular weight is 283 g/mol. The van der Waals surface area contributed by atoms with E-state index < -0.39 is 23.7 Å². The van der Waals surface area contributed by atoms with Crippen LogP contribution in [-0.2, 0) is 4.79 Å². The molecule has 0 aromatic heterocycles. The molecule has 19 heavy (non-hydrogen) atoms. The minimum absolute atomic E-state index is 0.0636. The number of hydrogen-bond donors (Lipinski definition) is 1. The van der Waals surface area contributed by atoms with Crippen LogP contribution >= 0.6 is 11.8 Å². The number of carbonyl (C=O) groups excluding carboxylic acids is 1. The van der Waals surface area contributed by atoms with E-state index in [2.05, 4.69) is 6.07 Å². The molecule has 2 heterocycles. The summed E-state index contributed by atoms with van der Waals surface area (Å²) in [5, 5.41) is 18.3.